The second kappa shape index (κ2) is 6.29. The van der Waals surface area contributed by atoms with Gasteiger partial charge in [0.05, 0.1) is 0 Å². The number of pyridine rings is 1. The minimum absolute atomic E-state index is 0.153. The molecule has 0 saturated carbocycles. The van der Waals surface area contributed by atoms with Crippen molar-refractivity contribution in [3.63, 3.8) is 0 Å². The molecule has 0 unspecified atom stereocenters. The van der Waals surface area contributed by atoms with Gasteiger partial charge in [-0.1, -0.05) is 13.8 Å². The van der Waals surface area contributed by atoms with Crippen LogP contribution < -0.4 is 10.9 Å². The highest BCUT2D eigenvalue weighted by Gasteiger charge is 2.02. The summed E-state index contributed by atoms with van der Waals surface area (Å²) in [4.78, 5) is 24.8. The molecule has 0 saturated heterocycles. The Balaban J connectivity index is 2.03. The molecule has 19 heavy (non-hydrogen) atoms. The lowest BCUT2D eigenvalue weighted by atomic mass is 10.3. The summed E-state index contributed by atoms with van der Waals surface area (Å²) in [6, 6.07) is 3.19. The number of aromatic nitrogens is 3. The van der Waals surface area contributed by atoms with E-state index in [1.165, 1.54) is 6.07 Å². The van der Waals surface area contributed by atoms with E-state index in [-0.39, 0.29) is 5.56 Å². The third kappa shape index (κ3) is 3.51. The molecule has 0 spiro atoms. The van der Waals surface area contributed by atoms with Crippen LogP contribution in [0.2, 0.25) is 0 Å². The summed E-state index contributed by atoms with van der Waals surface area (Å²) in [7, 11) is 0. The number of rotatable bonds is 6. The minimum Gasteiger partial charge on any atom is -0.353 e. The SMILES string of the molecule is CCN(CC)CCNc1ncc2ccc(=O)[nH]c2n1. The number of H-pyrrole nitrogens is 1. The van der Waals surface area contributed by atoms with E-state index >= 15 is 0 Å². The first-order chi connectivity index (χ1) is 9.22. The van der Waals surface area contributed by atoms with Gasteiger partial charge in [0.2, 0.25) is 11.5 Å². The van der Waals surface area contributed by atoms with E-state index in [9.17, 15) is 4.79 Å². The summed E-state index contributed by atoms with van der Waals surface area (Å²) in [5, 5.41) is 4.00. The van der Waals surface area contributed by atoms with Crippen molar-refractivity contribution in [3.8, 4) is 0 Å². The van der Waals surface area contributed by atoms with Gasteiger partial charge in [-0.15, -0.1) is 0 Å². The van der Waals surface area contributed by atoms with Gasteiger partial charge >= 0.3 is 0 Å². The normalized spacial score (nSPS) is 11.1. The fraction of sp³-hybridized carbons (Fsp3) is 0.462. The first kappa shape index (κ1) is 13.5. The molecule has 0 atom stereocenters. The Morgan fingerprint density at radius 1 is 1.32 bits per heavy atom. The summed E-state index contributed by atoms with van der Waals surface area (Å²) in [6.45, 7) is 8.07. The summed E-state index contributed by atoms with van der Waals surface area (Å²) >= 11 is 0. The maximum atomic E-state index is 11.2. The molecule has 0 aromatic carbocycles. The molecule has 2 aromatic heterocycles. The molecule has 0 fully saturated rings. The van der Waals surface area contributed by atoms with Gasteiger partial charge in [-0.25, -0.2) is 4.98 Å². The van der Waals surface area contributed by atoms with Gasteiger partial charge in [0.15, 0.2) is 0 Å². The molecule has 6 heteroatoms. The van der Waals surface area contributed by atoms with Crippen LogP contribution in [0.1, 0.15) is 13.8 Å². The van der Waals surface area contributed by atoms with Crippen LogP contribution in [0.25, 0.3) is 11.0 Å². The van der Waals surface area contributed by atoms with E-state index < -0.39 is 0 Å². The predicted octanol–water partition coefficient (Wildman–Crippen LogP) is 1.07. The van der Waals surface area contributed by atoms with Gasteiger partial charge in [-0.3, -0.25) is 4.79 Å². The highest BCUT2D eigenvalue weighted by Crippen LogP contribution is 2.07. The van der Waals surface area contributed by atoms with E-state index in [2.05, 4.69) is 39.0 Å². The molecule has 0 aliphatic carbocycles. The lowest BCUT2D eigenvalue weighted by molar-refractivity contribution is 0.316. The van der Waals surface area contributed by atoms with Crippen molar-refractivity contribution in [2.75, 3.05) is 31.5 Å². The standard InChI is InChI=1S/C13H19N5O/c1-3-18(4-2)8-7-14-13-15-9-10-5-6-11(19)16-12(10)17-13/h5-6,9H,3-4,7-8H2,1-2H3,(H2,14,15,16,17,19). The maximum Gasteiger partial charge on any atom is 0.249 e. The Hall–Kier alpha value is -1.95. The Kier molecular flexibility index (Phi) is 4.46. The highest BCUT2D eigenvalue weighted by atomic mass is 16.1. The summed E-state index contributed by atoms with van der Waals surface area (Å²) < 4.78 is 0. The molecule has 0 bridgehead atoms. The zero-order valence-corrected chi connectivity index (χ0v) is 11.3. The third-order valence-electron chi connectivity index (χ3n) is 3.08. The van der Waals surface area contributed by atoms with Gasteiger partial charge in [0.25, 0.3) is 0 Å². The van der Waals surface area contributed by atoms with Gasteiger partial charge in [0.1, 0.15) is 5.65 Å². The van der Waals surface area contributed by atoms with Crippen molar-refractivity contribution in [1.29, 1.82) is 0 Å². The van der Waals surface area contributed by atoms with Crippen LogP contribution >= 0.6 is 0 Å². The quantitative estimate of drug-likeness (QED) is 0.813. The number of anilines is 1. The largest absolute Gasteiger partial charge is 0.353 e. The van der Waals surface area contributed by atoms with E-state index in [1.807, 2.05) is 0 Å². The van der Waals surface area contributed by atoms with Crippen LogP contribution in [0.5, 0.6) is 0 Å². The van der Waals surface area contributed by atoms with Crippen LogP contribution in [0.15, 0.2) is 23.1 Å². The molecule has 102 valence electrons. The lowest BCUT2D eigenvalue weighted by Crippen LogP contribution is -2.29. The first-order valence-corrected chi connectivity index (χ1v) is 6.55. The van der Waals surface area contributed by atoms with Crippen molar-refractivity contribution in [2.24, 2.45) is 0 Å². The third-order valence-corrected chi connectivity index (χ3v) is 3.08. The molecule has 2 rings (SSSR count). The molecule has 2 N–H and O–H groups in total. The molecular formula is C13H19N5O. The van der Waals surface area contributed by atoms with E-state index in [0.717, 1.165) is 31.6 Å². The van der Waals surface area contributed by atoms with Crippen LogP contribution in [0.3, 0.4) is 0 Å². The second-order valence-corrected chi connectivity index (χ2v) is 4.27. The molecule has 0 aliphatic rings. The van der Waals surface area contributed by atoms with Crippen molar-refractivity contribution in [3.05, 3.63) is 28.7 Å². The molecule has 0 amide bonds. The minimum atomic E-state index is -0.153. The number of hydrogen-bond donors (Lipinski definition) is 2. The fourth-order valence-electron chi connectivity index (χ4n) is 1.89. The Morgan fingerprint density at radius 2 is 2.11 bits per heavy atom. The summed E-state index contributed by atoms with van der Waals surface area (Å²) in [5.41, 5.74) is 0.410. The molecule has 0 radical (unpaired) electrons. The molecule has 2 aromatic rings. The molecule has 6 nitrogen and oxygen atoms in total. The number of nitrogens with zero attached hydrogens (tertiary/aromatic N) is 3. The van der Waals surface area contributed by atoms with E-state index in [1.54, 1.807) is 12.3 Å². The monoisotopic (exact) mass is 261 g/mol. The molecule has 0 aliphatic heterocycles. The Bertz CT molecular complexity index is 591. The Labute approximate surface area is 111 Å². The van der Waals surface area contributed by atoms with Crippen LogP contribution in [-0.2, 0) is 0 Å². The predicted molar refractivity (Wildman–Crippen MR) is 76.4 cm³/mol. The van der Waals surface area contributed by atoms with Gasteiger partial charge < -0.3 is 15.2 Å². The second-order valence-electron chi connectivity index (χ2n) is 4.27. The average molecular weight is 261 g/mol. The van der Waals surface area contributed by atoms with Gasteiger partial charge in [-0.2, -0.15) is 4.98 Å². The van der Waals surface area contributed by atoms with Crippen molar-refractivity contribution in [2.45, 2.75) is 13.8 Å². The van der Waals surface area contributed by atoms with E-state index in [0.29, 0.717) is 11.6 Å². The zero-order chi connectivity index (χ0) is 13.7. The van der Waals surface area contributed by atoms with Crippen LogP contribution in [-0.4, -0.2) is 46.0 Å². The maximum absolute atomic E-state index is 11.2. The van der Waals surface area contributed by atoms with Gasteiger partial charge in [0, 0.05) is 30.7 Å². The topological polar surface area (TPSA) is 73.9 Å². The van der Waals surface area contributed by atoms with Crippen molar-refractivity contribution in [1.82, 2.24) is 19.9 Å². The molecular weight excluding hydrogens is 242 g/mol. The number of likely N-dealkylation sites (N-methyl/N-ethyl adjacent to an activating group) is 1. The molecule has 2 heterocycles. The summed E-state index contributed by atoms with van der Waals surface area (Å²) in [5.74, 6) is 0.543. The highest BCUT2D eigenvalue weighted by molar-refractivity contribution is 5.74. The van der Waals surface area contributed by atoms with Crippen LogP contribution in [0.4, 0.5) is 5.95 Å². The zero-order valence-electron chi connectivity index (χ0n) is 11.3. The Morgan fingerprint density at radius 3 is 2.84 bits per heavy atom. The number of nitrogens with one attached hydrogen (secondary N) is 2. The number of hydrogen-bond acceptors (Lipinski definition) is 5. The number of aromatic amines is 1. The smallest absolute Gasteiger partial charge is 0.249 e. The van der Waals surface area contributed by atoms with E-state index in [4.69, 9.17) is 0 Å². The van der Waals surface area contributed by atoms with Crippen molar-refractivity contribution >= 4 is 17.0 Å². The summed E-state index contributed by atoms with van der Waals surface area (Å²) in [6.07, 6.45) is 1.71. The van der Waals surface area contributed by atoms with Gasteiger partial charge in [-0.05, 0) is 19.2 Å². The first-order valence-electron chi connectivity index (χ1n) is 6.55. The number of fused-ring (bicyclic) bond motifs is 1. The average Bonchev–Trinajstić information content (AvgIpc) is 2.43. The van der Waals surface area contributed by atoms with Crippen LogP contribution in [0, 0.1) is 0 Å². The van der Waals surface area contributed by atoms with Crippen molar-refractivity contribution < 1.29 is 0 Å². The fourth-order valence-corrected chi connectivity index (χ4v) is 1.89. The lowest BCUT2D eigenvalue weighted by Gasteiger charge is -2.17.